The SMILES string of the molecule is Cc1cc(C(C)NC(=O)C(C(N)=S)C(C)C)c(C)o1. The van der Waals surface area contributed by atoms with E-state index in [0.717, 1.165) is 17.1 Å². The second-order valence-corrected chi connectivity index (χ2v) is 5.69. The van der Waals surface area contributed by atoms with Gasteiger partial charge in [0, 0.05) is 5.56 Å². The van der Waals surface area contributed by atoms with Crippen molar-refractivity contribution in [2.75, 3.05) is 0 Å². The van der Waals surface area contributed by atoms with E-state index in [1.807, 2.05) is 40.7 Å². The molecule has 4 nitrogen and oxygen atoms in total. The summed E-state index contributed by atoms with van der Waals surface area (Å²) in [6, 6.07) is 1.81. The quantitative estimate of drug-likeness (QED) is 0.815. The number of hydrogen-bond acceptors (Lipinski definition) is 3. The summed E-state index contributed by atoms with van der Waals surface area (Å²) in [6.07, 6.45) is 0. The van der Waals surface area contributed by atoms with Crippen molar-refractivity contribution in [2.45, 2.75) is 40.7 Å². The minimum atomic E-state index is -0.439. The van der Waals surface area contributed by atoms with Gasteiger partial charge in [0.25, 0.3) is 0 Å². The number of carbonyl (C=O) groups is 1. The number of nitrogens with two attached hydrogens (primary N) is 1. The number of rotatable bonds is 5. The summed E-state index contributed by atoms with van der Waals surface area (Å²) in [5.74, 6) is 1.17. The van der Waals surface area contributed by atoms with Crippen molar-refractivity contribution in [1.82, 2.24) is 5.32 Å². The average molecular weight is 282 g/mol. The molecule has 3 N–H and O–H groups in total. The average Bonchev–Trinajstić information content (AvgIpc) is 2.56. The van der Waals surface area contributed by atoms with Crippen molar-refractivity contribution in [3.63, 3.8) is 0 Å². The molecule has 0 radical (unpaired) electrons. The number of carbonyl (C=O) groups excluding carboxylic acids is 1. The van der Waals surface area contributed by atoms with Crippen LogP contribution in [0.25, 0.3) is 0 Å². The molecular formula is C14H22N2O2S. The van der Waals surface area contributed by atoms with Crippen molar-refractivity contribution in [3.05, 3.63) is 23.2 Å². The van der Waals surface area contributed by atoms with Crippen LogP contribution in [0.4, 0.5) is 0 Å². The van der Waals surface area contributed by atoms with Gasteiger partial charge in [-0.2, -0.15) is 0 Å². The van der Waals surface area contributed by atoms with Crippen LogP contribution in [0.15, 0.2) is 10.5 Å². The number of furan rings is 1. The standard InChI is InChI=1S/C14H22N2O2S/c1-7(2)12(13(15)19)14(17)16-9(4)11-6-8(3)18-10(11)5/h6-7,9,12H,1-5H3,(H2,15,19)(H,16,17). The molecule has 0 aliphatic rings. The van der Waals surface area contributed by atoms with Crippen molar-refractivity contribution >= 4 is 23.1 Å². The summed E-state index contributed by atoms with van der Waals surface area (Å²) >= 11 is 4.97. The number of amides is 1. The fourth-order valence-corrected chi connectivity index (χ4v) is 2.60. The Morgan fingerprint density at radius 2 is 1.95 bits per heavy atom. The molecule has 1 heterocycles. The van der Waals surface area contributed by atoms with Crippen molar-refractivity contribution in [1.29, 1.82) is 0 Å². The summed E-state index contributed by atoms with van der Waals surface area (Å²) < 4.78 is 5.47. The third-order valence-corrected chi connectivity index (χ3v) is 3.41. The molecule has 19 heavy (non-hydrogen) atoms. The lowest BCUT2D eigenvalue weighted by molar-refractivity contribution is -0.124. The van der Waals surface area contributed by atoms with Crippen LogP contribution in [-0.4, -0.2) is 10.9 Å². The van der Waals surface area contributed by atoms with Crippen molar-refractivity contribution < 1.29 is 9.21 Å². The molecule has 0 spiro atoms. The highest BCUT2D eigenvalue weighted by atomic mass is 32.1. The van der Waals surface area contributed by atoms with Crippen LogP contribution in [0.2, 0.25) is 0 Å². The Bertz CT molecular complexity index is 480. The van der Waals surface area contributed by atoms with E-state index < -0.39 is 5.92 Å². The second-order valence-electron chi connectivity index (χ2n) is 5.22. The highest BCUT2D eigenvalue weighted by Gasteiger charge is 2.26. The lowest BCUT2D eigenvalue weighted by Gasteiger charge is -2.21. The Morgan fingerprint density at radius 3 is 2.32 bits per heavy atom. The maximum Gasteiger partial charge on any atom is 0.230 e. The first-order valence-corrected chi connectivity index (χ1v) is 6.81. The first-order chi connectivity index (χ1) is 8.73. The molecule has 0 saturated carbocycles. The summed E-state index contributed by atoms with van der Waals surface area (Å²) in [7, 11) is 0. The van der Waals surface area contributed by atoms with E-state index in [0.29, 0.717) is 0 Å². The van der Waals surface area contributed by atoms with E-state index in [4.69, 9.17) is 22.4 Å². The molecule has 1 amide bonds. The number of aryl methyl sites for hydroxylation is 2. The van der Waals surface area contributed by atoms with Gasteiger partial charge in [-0.3, -0.25) is 4.79 Å². The molecule has 0 aliphatic heterocycles. The summed E-state index contributed by atoms with van der Waals surface area (Å²) in [6.45, 7) is 9.56. The van der Waals surface area contributed by atoms with Gasteiger partial charge in [-0.05, 0) is 32.8 Å². The molecule has 1 aromatic heterocycles. The Balaban J connectivity index is 2.81. The van der Waals surface area contributed by atoms with E-state index >= 15 is 0 Å². The minimum Gasteiger partial charge on any atom is -0.466 e. The predicted octanol–water partition coefficient (Wildman–Crippen LogP) is 2.63. The molecule has 2 atom stereocenters. The van der Waals surface area contributed by atoms with Gasteiger partial charge in [0.1, 0.15) is 11.5 Å². The van der Waals surface area contributed by atoms with Crippen LogP contribution >= 0.6 is 12.2 Å². The van der Waals surface area contributed by atoms with Crippen LogP contribution in [0.3, 0.4) is 0 Å². The molecule has 1 aromatic rings. The van der Waals surface area contributed by atoms with Crippen LogP contribution in [0, 0.1) is 25.7 Å². The van der Waals surface area contributed by atoms with E-state index in [1.54, 1.807) is 0 Å². The van der Waals surface area contributed by atoms with Gasteiger partial charge in [0.15, 0.2) is 0 Å². The highest BCUT2D eigenvalue weighted by Crippen LogP contribution is 2.22. The molecule has 0 aliphatic carbocycles. The normalized spacial score (nSPS) is 14.2. The van der Waals surface area contributed by atoms with Crippen molar-refractivity contribution in [3.8, 4) is 0 Å². The third-order valence-electron chi connectivity index (χ3n) is 3.16. The Labute approximate surface area is 119 Å². The zero-order chi connectivity index (χ0) is 14.7. The van der Waals surface area contributed by atoms with Crippen LogP contribution in [-0.2, 0) is 4.79 Å². The van der Waals surface area contributed by atoms with Gasteiger partial charge in [0.2, 0.25) is 5.91 Å². The molecule has 0 aromatic carbocycles. The lowest BCUT2D eigenvalue weighted by atomic mass is 9.94. The molecule has 106 valence electrons. The van der Waals surface area contributed by atoms with Crippen LogP contribution in [0.5, 0.6) is 0 Å². The predicted molar refractivity (Wildman–Crippen MR) is 79.9 cm³/mol. The molecule has 0 fully saturated rings. The maximum absolute atomic E-state index is 12.2. The van der Waals surface area contributed by atoms with E-state index in [9.17, 15) is 4.79 Å². The smallest absolute Gasteiger partial charge is 0.230 e. The Hall–Kier alpha value is -1.36. The zero-order valence-electron chi connectivity index (χ0n) is 12.1. The fourth-order valence-electron chi connectivity index (χ4n) is 2.22. The monoisotopic (exact) mass is 282 g/mol. The van der Waals surface area contributed by atoms with Gasteiger partial charge in [-0.25, -0.2) is 0 Å². The number of hydrogen-bond donors (Lipinski definition) is 2. The van der Waals surface area contributed by atoms with E-state index in [1.165, 1.54) is 0 Å². The minimum absolute atomic E-state index is 0.0804. The molecule has 0 bridgehead atoms. The molecular weight excluding hydrogens is 260 g/mol. The van der Waals surface area contributed by atoms with Gasteiger partial charge in [-0.15, -0.1) is 0 Å². The molecule has 5 heteroatoms. The summed E-state index contributed by atoms with van der Waals surface area (Å²) in [5.41, 5.74) is 6.62. The highest BCUT2D eigenvalue weighted by molar-refractivity contribution is 7.80. The van der Waals surface area contributed by atoms with Crippen molar-refractivity contribution in [2.24, 2.45) is 17.6 Å². The Morgan fingerprint density at radius 1 is 1.37 bits per heavy atom. The first kappa shape index (κ1) is 15.7. The second kappa shape index (κ2) is 6.19. The van der Waals surface area contributed by atoms with Gasteiger partial charge >= 0.3 is 0 Å². The zero-order valence-corrected chi connectivity index (χ0v) is 12.9. The fraction of sp³-hybridized carbons (Fsp3) is 0.571. The van der Waals surface area contributed by atoms with Gasteiger partial charge < -0.3 is 15.5 Å². The molecule has 2 unspecified atom stereocenters. The van der Waals surface area contributed by atoms with E-state index in [2.05, 4.69) is 5.32 Å². The number of thiocarbonyl (C=S) groups is 1. The largest absolute Gasteiger partial charge is 0.466 e. The number of nitrogens with one attached hydrogen (secondary N) is 1. The van der Waals surface area contributed by atoms with Crippen LogP contribution in [0.1, 0.15) is 43.9 Å². The maximum atomic E-state index is 12.2. The summed E-state index contributed by atoms with van der Waals surface area (Å²) in [4.78, 5) is 12.5. The lowest BCUT2D eigenvalue weighted by Crippen LogP contribution is -2.41. The first-order valence-electron chi connectivity index (χ1n) is 6.40. The topological polar surface area (TPSA) is 68.3 Å². The summed E-state index contributed by atoms with van der Waals surface area (Å²) in [5, 5.41) is 2.95. The Kier molecular flexibility index (Phi) is 5.11. The van der Waals surface area contributed by atoms with Gasteiger partial charge in [-0.1, -0.05) is 26.1 Å². The van der Waals surface area contributed by atoms with Crippen LogP contribution < -0.4 is 11.1 Å². The molecule has 1 rings (SSSR count). The van der Waals surface area contributed by atoms with E-state index in [-0.39, 0.29) is 22.9 Å². The third kappa shape index (κ3) is 3.80. The molecule has 0 saturated heterocycles. The van der Waals surface area contributed by atoms with Gasteiger partial charge in [0.05, 0.1) is 16.9 Å².